The number of nitrogens with zero attached hydrogens (tertiary/aromatic N) is 1. The first-order chi connectivity index (χ1) is 8.56. The van der Waals surface area contributed by atoms with Gasteiger partial charge in [-0.15, -0.1) is 0 Å². The molecular formula is C15H26N2O. The van der Waals surface area contributed by atoms with Crippen LogP contribution in [0.2, 0.25) is 0 Å². The highest BCUT2D eigenvalue weighted by atomic mass is 16.5. The summed E-state index contributed by atoms with van der Waals surface area (Å²) in [7, 11) is 3.87. The fourth-order valence-corrected chi connectivity index (χ4v) is 2.41. The Bertz CT molecular complexity index is 352. The highest BCUT2D eigenvalue weighted by Gasteiger charge is 2.20. The van der Waals surface area contributed by atoms with Crippen LogP contribution in [0.25, 0.3) is 0 Å². The molecule has 3 heteroatoms. The van der Waals surface area contributed by atoms with Gasteiger partial charge in [-0.2, -0.15) is 0 Å². The molecule has 0 saturated heterocycles. The zero-order valence-corrected chi connectivity index (χ0v) is 12.0. The Morgan fingerprint density at radius 3 is 2.67 bits per heavy atom. The molecule has 2 N–H and O–H groups in total. The largest absolute Gasteiger partial charge is 0.385 e. The number of nitrogens with two attached hydrogens (primary N) is 1. The summed E-state index contributed by atoms with van der Waals surface area (Å²) in [4.78, 5) is 2.32. The summed E-state index contributed by atoms with van der Waals surface area (Å²) in [5, 5.41) is 0. The zero-order chi connectivity index (χ0) is 13.5. The number of likely N-dealkylation sites (N-methyl/N-ethyl adjacent to an activating group) is 1. The number of rotatable bonds is 7. The van der Waals surface area contributed by atoms with E-state index in [9.17, 15) is 0 Å². The van der Waals surface area contributed by atoms with Crippen LogP contribution in [0.15, 0.2) is 24.3 Å². The van der Waals surface area contributed by atoms with Crippen molar-refractivity contribution in [1.82, 2.24) is 4.90 Å². The zero-order valence-electron chi connectivity index (χ0n) is 12.0. The summed E-state index contributed by atoms with van der Waals surface area (Å²) in [5.41, 5.74) is 8.73. The van der Waals surface area contributed by atoms with Gasteiger partial charge < -0.3 is 10.5 Å². The Hall–Kier alpha value is -0.900. The Kier molecular flexibility index (Phi) is 6.33. The molecule has 0 aliphatic rings. The molecule has 2 atom stereocenters. The lowest BCUT2D eigenvalue weighted by Crippen LogP contribution is -2.38. The van der Waals surface area contributed by atoms with Crippen LogP contribution in [0.4, 0.5) is 0 Å². The van der Waals surface area contributed by atoms with E-state index in [2.05, 4.69) is 50.1 Å². The minimum atomic E-state index is 0.111. The third-order valence-electron chi connectivity index (χ3n) is 3.22. The van der Waals surface area contributed by atoms with Gasteiger partial charge in [0, 0.05) is 32.3 Å². The van der Waals surface area contributed by atoms with Crippen molar-refractivity contribution in [3.05, 3.63) is 35.4 Å². The molecule has 0 aromatic heterocycles. The third kappa shape index (κ3) is 4.41. The van der Waals surface area contributed by atoms with Gasteiger partial charge in [0.1, 0.15) is 0 Å². The first-order valence-corrected chi connectivity index (χ1v) is 6.57. The Labute approximate surface area is 111 Å². The number of hydrogen-bond acceptors (Lipinski definition) is 3. The standard InChI is InChI=1S/C15H26N2O/c1-12-7-5-8-14(11-12)15(13(2)16)17(3)9-6-10-18-4/h5,7-8,11,13,15H,6,9-10,16H2,1-4H3. The van der Waals surface area contributed by atoms with Crippen LogP contribution >= 0.6 is 0 Å². The fraction of sp³-hybridized carbons (Fsp3) is 0.600. The smallest absolute Gasteiger partial charge is 0.0493 e. The highest BCUT2D eigenvalue weighted by molar-refractivity contribution is 5.26. The summed E-state index contributed by atoms with van der Waals surface area (Å²) in [5.74, 6) is 0. The van der Waals surface area contributed by atoms with Crippen LogP contribution in [0.5, 0.6) is 0 Å². The second-order valence-corrected chi connectivity index (χ2v) is 5.05. The summed E-state index contributed by atoms with van der Waals surface area (Å²) < 4.78 is 5.10. The molecule has 0 amide bonds. The van der Waals surface area contributed by atoms with E-state index in [1.54, 1.807) is 7.11 Å². The summed E-state index contributed by atoms with van der Waals surface area (Å²) in [6, 6.07) is 8.98. The van der Waals surface area contributed by atoms with Crippen molar-refractivity contribution >= 4 is 0 Å². The fourth-order valence-electron chi connectivity index (χ4n) is 2.41. The minimum Gasteiger partial charge on any atom is -0.385 e. The van der Waals surface area contributed by atoms with Crippen molar-refractivity contribution in [2.45, 2.75) is 32.4 Å². The maximum atomic E-state index is 6.15. The van der Waals surface area contributed by atoms with Gasteiger partial charge in [0.05, 0.1) is 0 Å². The minimum absolute atomic E-state index is 0.111. The lowest BCUT2D eigenvalue weighted by Gasteiger charge is -2.31. The maximum Gasteiger partial charge on any atom is 0.0493 e. The third-order valence-corrected chi connectivity index (χ3v) is 3.22. The van der Waals surface area contributed by atoms with Crippen molar-refractivity contribution in [3.8, 4) is 0 Å². The molecule has 0 bridgehead atoms. The molecule has 0 heterocycles. The van der Waals surface area contributed by atoms with E-state index in [0.29, 0.717) is 0 Å². The van der Waals surface area contributed by atoms with Crippen molar-refractivity contribution in [1.29, 1.82) is 0 Å². The predicted octanol–water partition coefficient (Wildman–Crippen LogP) is 2.35. The Morgan fingerprint density at radius 2 is 2.11 bits per heavy atom. The van der Waals surface area contributed by atoms with Gasteiger partial charge in [-0.05, 0) is 32.9 Å². The molecule has 3 nitrogen and oxygen atoms in total. The van der Waals surface area contributed by atoms with Crippen LogP contribution in [0.3, 0.4) is 0 Å². The van der Waals surface area contributed by atoms with E-state index in [1.807, 2.05) is 0 Å². The molecule has 0 fully saturated rings. The second-order valence-electron chi connectivity index (χ2n) is 5.05. The van der Waals surface area contributed by atoms with E-state index in [1.165, 1.54) is 11.1 Å². The van der Waals surface area contributed by atoms with Crippen LogP contribution in [-0.2, 0) is 4.74 Å². The average Bonchev–Trinajstić information content (AvgIpc) is 2.29. The number of aryl methyl sites for hydroxylation is 1. The molecule has 1 aromatic rings. The number of hydrogen-bond donors (Lipinski definition) is 1. The van der Waals surface area contributed by atoms with Crippen molar-refractivity contribution in [2.24, 2.45) is 5.73 Å². The van der Waals surface area contributed by atoms with Gasteiger partial charge in [-0.3, -0.25) is 4.90 Å². The van der Waals surface area contributed by atoms with Gasteiger partial charge in [0.2, 0.25) is 0 Å². The monoisotopic (exact) mass is 250 g/mol. The molecule has 0 radical (unpaired) electrons. The number of ether oxygens (including phenoxy) is 1. The van der Waals surface area contributed by atoms with E-state index in [-0.39, 0.29) is 12.1 Å². The first-order valence-electron chi connectivity index (χ1n) is 6.57. The van der Waals surface area contributed by atoms with E-state index in [4.69, 9.17) is 10.5 Å². The van der Waals surface area contributed by atoms with Gasteiger partial charge in [0.25, 0.3) is 0 Å². The summed E-state index contributed by atoms with van der Waals surface area (Å²) in [6.07, 6.45) is 1.03. The van der Waals surface area contributed by atoms with Crippen LogP contribution in [0, 0.1) is 6.92 Å². The molecule has 0 aliphatic carbocycles. The second kappa shape index (κ2) is 7.52. The molecule has 2 unspecified atom stereocenters. The van der Waals surface area contributed by atoms with Crippen molar-refractivity contribution in [3.63, 3.8) is 0 Å². The first kappa shape index (κ1) is 15.2. The SMILES string of the molecule is COCCCN(C)C(c1cccc(C)c1)C(C)N. The van der Waals surface area contributed by atoms with E-state index >= 15 is 0 Å². The van der Waals surface area contributed by atoms with Crippen LogP contribution in [0.1, 0.15) is 30.5 Å². The van der Waals surface area contributed by atoms with Gasteiger partial charge in [-0.25, -0.2) is 0 Å². The summed E-state index contributed by atoms with van der Waals surface area (Å²) >= 11 is 0. The average molecular weight is 250 g/mol. The van der Waals surface area contributed by atoms with E-state index in [0.717, 1.165) is 19.6 Å². The molecule has 102 valence electrons. The van der Waals surface area contributed by atoms with Crippen molar-refractivity contribution in [2.75, 3.05) is 27.3 Å². The molecule has 0 aliphatic heterocycles. The molecule has 18 heavy (non-hydrogen) atoms. The Balaban J connectivity index is 2.76. The predicted molar refractivity (Wildman–Crippen MR) is 76.7 cm³/mol. The number of methoxy groups -OCH3 is 1. The van der Waals surface area contributed by atoms with Crippen LogP contribution < -0.4 is 5.73 Å². The topological polar surface area (TPSA) is 38.5 Å². The van der Waals surface area contributed by atoms with Gasteiger partial charge >= 0.3 is 0 Å². The van der Waals surface area contributed by atoms with Gasteiger partial charge in [-0.1, -0.05) is 29.8 Å². The number of benzene rings is 1. The van der Waals surface area contributed by atoms with Crippen molar-refractivity contribution < 1.29 is 4.74 Å². The molecule has 1 rings (SSSR count). The van der Waals surface area contributed by atoms with Crippen LogP contribution in [-0.4, -0.2) is 38.3 Å². The quantitative estimate of drug-likeness (QED) is 0.755. The lowest BCUT2D eigenvalue weighted by atomic mass is 9.98. The molecule has 0 spiro atoms. The molecule has 1 aromatic carbocycles. The Morgan fingerprint density at radius 1 is 1.39 bits per heavy atom. The summed E-state index contributed by atoms with van der Waals surface area (Å²) in [6.45, 7) is 5.98. The maximum absolute atomic E-state index is 6.15. The van der Waals surface area contributed by atoms with Gasteiger partial charge in [0.15, 0.2) is 0 Å². The lowest BCUT2D eigenvalue weighted by molar-refractivity contribution is 0.158. The highest BCUT2D eigenvalue weighted by Crippen LogP contribution is 2.23. The molecule has 0 saturated carbocycles. The van der Waals surface area contributed by atoms with E-state index < -0.39 is 0 Å². The molecular weight excluding hydrogens is 224 g/mol. The normalized spacial score (nSPS) is 14.8.